The van der Waals surface area contributed by atoms with Crippen LogP contribution in [0.5, 0.6) is 0 Å². The fourth-order valence-corrected chi connectivity index (χ4v) is 1.13. The molecule has 66 valence electrons. The van der Waals surface area contributed by atoms with E-state index in [1.807, 2.05) is 0 Å². The molecule has 1 heterocycles. The van der Waals surface area contributed by atoms with Gasteiger partial charge < -0.3 is 26.4 Å². The predicted octanol–water partition coefficient (Wildman–Crippen LogP) is -2.26. The van der Waals surface area contributed by atoms with Gasteiger partial charge in [-0.15, -0.1) is 0 Å². The van der Waals surface area contributed by atoms with E-state index in [1.54, 1.807) is 0 Å². The quantitative estimate of drug-likeness (QED) is 0.348. The van der Waals surface area contributed by atoms with Crippen LogP contribution in [0.2, 0.25) is 0 Å². The SMILES string of the molecule is NC[C@H]1OC(O)[C@H](N)C[C@@H]1O. The molecule has 0 aromatic carbocycles. The predicted molar refractivity (Wildman–Crippen MR) is 38.5 cm³/mol. The fraction of sp³-hybridized carbons (Fsp3) is 1.00. The third kappa shape index (κ3) is 1.88. The Labute approximate surface area is 64.9 Å². The van der Waals surface area contributed by atoms with E-state index in [-0.39, 0.29) is 6.54 Å². The number of aliphatic hydroxyl groups is 2. The maximum absolute atomic E-state index is 9.26. The highest BCUT2D eigenvalue weighted by Crippen LogP contribution is 2.16. The molecule has 1 rings (SSSR count). The second kappa shape index (κ2) is 3.46. The summed E-state index contributed by atoms with van der Waals surface area (Å²) in [6, 6.07) is -0.507. The zero-order valence-corrected chi connectivity index (χ0v) is 6.18. The minimum Gasteiger partial charge on any atom is -0.390 e. The van der Waals surface area contributed by atoms with Crippen LogP contribution in [0, 0.1) is 0 Å². The van der Waals surface area contributed by atoms with Crippen molar-refractivity contribution in [3.05, 3.63) is 0 Å². The number of nitrogens with two attached hydrogens (primary N) is 2. The summed E-state index contributed by atoms with van der Waals surface area (Å²) in [5, 5.41) is 18.3. The van der Waals surface area contributed by atoms with Gasteiger partial charge in [0.05, 0.1) is 18.2 Å². The lowest BCUT2D eigenvalue weighted by Crippen LogP contribution is -2.53. The molecule has 5 nitrogen and oxygen atoms in total. The van der Waals surface area contributed by atoms with Gasteiger partial charge in [-0.1, -0.05) is 0 Å². The molecule has 1 fully saturated rings. The van der Waals surface area contributed by atoms with Gasteiger partial charge in [0.15, 0.2) is 6.29 Å². The van der Waals surface area contributed by atoms with Crippen molar-refractivity contribution < 1.29 is 14.9 Å². The lowest BCUT2D eigenvalue weighted by Gasteiger charge is -2.34. The average molecular weight is 162 g/mol. The van der Waals surface area contributed by atoms with Gasteiger partial charge in [-0.3, -0.25) is 0 Å². The van der Waals surface area contributed by atoms with E-state index in [0.29, 0.717) is 6.42 Å². The van der Waals surface area contributed by atoms with Gasteiger partial charge >= 0.3 is 0 Å². The molecule has 0 aromatic heterocycles. The third-order valence-electron chi connectivity index (χ3n) is 1.86. The molecule has 0 aliphatic carbocycles. The van der Waals surface area contributed by atoms with E-state index in [1.165, 1.54) is 0 Å². The second-order valence-corrected chi connectivity index (χ2v) is 2.77. The zero-order valence-electron chi connectivity index (χ0n) is 6.18. The minimum absolute atomic E-state index is 0.199. The Morgan fingerprint density at radius 1 is 1.45 bits per heavy atom. The van der Waals surface area contributed by atoms with Crippen molar-refractivity contribution in [2.24, 2.45) is 11.5 Å². The van der Waals surface area contributed by atoms with Gasteiger partial charge in [0, 0.05) is 6.54 Å². The summed E-state index contributed by atoms with van der Waals surface area (Å²) >= 11 is 0. The van der Waals surface area contributed by atoms with E-state index < -0.39 is 24.5 Å². The van der Waals surface area contributed by atoms with Crippen LogP contribution >= 0.6 is 0 Å². The van der Waals surface area contributed by atoms with Gasteiger partial charge in [-0.2, -0.15) is 0 Å². The van der Waals surface area contributed by atoms with Crippen molar-refractivity contribution in [3.8, 4) is 0 Å². The lowest BCUT2D eigenvalue weighted by atomic mass is 10.0. The van der Waals surface area contributed by atoms with Crippen LogP contribution in [0.3, 0.4) is 0 Å². The number of rotatable bonds is 1. The van der Waals surface area contributed by atoms with Gasteiger partial charge in [-0.25, -0.2) is 0 Å². The van der Waals surface area contributed by atoms with Gasteiger partial charge in [0.25, 0.3) is 0 Å². The van der Waals surface area contributed by atoms with E-state index in [9.17, 15) is 5.11 Å². The zero-order chi connectivity index (χ0) is 8.43. The monoisotopic (exact) mass is 162 g/mol. The van der Waals surface area contributed by atoms with Crippen LogP contribution in [-0.2, 0) is 4.74 Å². The number of ether oxygens (including phenoxy) is 1. The molecule has 0 radical (unpaired) electrons. The maximum atomic E-state index is 9.26. The number of hydrogen-bond acceptors (Lipinski definition) is 5. The summed E-state index contributed by atoms with van der Waals surface area (Å²) in [5.74, 6) is 0. The summed E-state index contributed by atoms with van der Waals surface area (Å²) in [6.45, 7) is 0.199. The van der Waals surface area contributed by atoms with Crippen molar-refractivity contribution in [2.45, 2.75) is 31.0 Å². The first-order valence-electron chi connectivity index (χ1n) is 3.62. The molecule has 0 aromatic rings. The molecule has 0 spiro atoms. The van der Waals surface area contributed by atoms with Crippen LogP contribution in [0.25, 0.3) is 0 Å². The van der Waals surface area contributed by atoms with Crippen LogP contribution < -0.4 is 11.5 Å². The molecule has 1 unspecified atom stereocenters. The van der Waals surface area contributed by atoms with E-state index in [4.69, 9.17) is 21.3 Å². The summed E-state index contributed by atoms with van der Waals surface area (Å²) in [4.78, 5) is 0. The number of aliphatic hydroxyl groups excluding tert-OH is 2. The van der Waals surface area contributed by atoms with E-state index >= 15 is 0 Å². The third-order valence-corrected chi connectivity index (χ3v) is 1.86. The van der Waals surface area contributed by atoms with Crippen LogP contribution in [0.1, 0.15) is 6.42 Å². The van der Waals surface area contributed by atoms with Crippen molar-refractivity contribution in [3.63, 3.8) is 0 Å². The molecule has 4 atom stereocenters. The van der Waals surface area contributed by atoms with Crippen LogP contribution in [0.15, 0.2) is 0 Å². The smallest absolute Gasteiger partial charge is 0.170 e. The second-order valence-electron chi connectivity index (χ2n) is 2.77. The Balaban J connectivity index is 2.48. The summed E-state index contributed by atoms with van der Waals surface area (Å²) in [6.07, 6.45) is -1.79. The first-order valence-corrected chi connectivity index (χ1v) is 3.62. The highest BCUT2D eigenvalue weighted by atomic mass is 16.6. The Bertz CT molecular complexity index is 133. The van der Waals surface area contributed by atoms with E-state index in [0.717, 1.165) is 0 Å². The number of hydrogen-bond donors (Lipinski definition) is 4. The molecular formula is C6H14N2O3. The van der Waals surface area contributed by atoms with Crippen molar-refractivity contribution >= 4 is 0 Å². The van der Waals surface area contributed by atoms with E-state index in [2.05, 4.69) is 0 Å². The van der Waals surface area contributed by atoms with Crippen molar-refractivity contribution in [2.75, 3.05) is 6.54 Å². The van der Waals surface area contributed by atoms with Gasteiger partial charge in [-0.05, 0) is 6.42 Å². The molecule has 1 aliphatic heterocycles. The molecule has 1 saturated heterocycles. The van der Waals surface area contributed by atoms with Gasteiger partial charge in [0.2, 0.25) is 0 Å². The highest BCUT2D eigenvalue weighted by Gasteiger charge is 2.33. The normalized spacial score (nSPS) is 45.8. The molecule has 0 saturated carbocycles. The summed E-state index contributed by atoms with van der Waals surface area (Å²) < 4.78 is 4.92. The average Bonchev–Trinajstić information content (AvgIpc) is 1.97. The van der Waals surface area contributed by atoms with Crippen LogP contribution in [0.4, 0.5) is 0 Å². The molecule has 0 bridgehead atoms. The Morgan fingerprint density at radius 2 is 2.09 bits per heavy atom. The Morgan fingerprint density at radius 3 is 2.64 bits per heavy atom. The molecular weight excluding hydrogens is 148 g/mol. The Kier molecular flexibility index (Phi) is 2.80. The molecule has 11 heavy (non-hydrogen) atoms. The molecule has 6 N–H and O–H groups in total. The standard InChI is InChI=1S/C6H14N2O3/c7-2-5-4(9)1-3(8)6(10)11-5/h3-6,9-10H,1-2,7-8H2/t3-,4+,5-,6?/m1/s1. The molecule has 0 amide bonds. The Hall–Kier alpha value is -0.200. The largest absolute Gasteiger partial charge is 0.390 e. The van der Waals surface area contributed by atoms with Crippen molar-refractivity contribution in [1.82, 2.24) is 0 Å². The highest BCUT2D eigenvalue weighted by molar-refractivity contribution is 4.82. The molecule has 1 aliphatic rings. The fourth-order valence-electron chi connectivity index (χ4n) is 1.13. The van der Waals surface area contributed by atoms with Crippen molar-refractivity contribution in [1.29, 1.82) is 0 Å². The minimum atomic E-state index is -0.994. The topological polar surface area (TPSA) is 102 Å². The van der Waals surface area contributed by atoms with Gasteiger partial charge in [0.1, 0.15) is 0 Å². The maximum Gasteiger partial charge on any atom is 0.170 e. The van der Waals surface area contributed by atoms with Crippen LogP contribution in [-0.4, -0.2) is 41.3 Å². The first-order chi connectivity index (χ1) is 5.15. The summed E-state index contributed by atoms with van der Waals surface area (Å²) in [7, 11) is 0. The molecule has 5 heteroatoms. The lowest BCUT2D eigenvalue weighted by molar-refractivity contribution is -0.204. The first kappa shape index (κ1) is 8.89. The summed E-state index contributed by atoms with van der Waals surface area (Å²) in [5.41, 5.74) is 10.7.